The highest BCUT2D eigenvalue weighted by molar-refractivity contribution is 6.12. The third-order valence-electron chi connectivity index (χ3n) is 4.85. The van der Waals surface area contributed by atoms with E-state index in [1.54, 1.807) is 0 Å². The van der Waals surface area contributed by atoms with E-state index in [1.807, 2.05) is 39.0 Å². The second-order valence-corrected chi connectivity index (χ2v) is 5.85. The number of anilines is 1. The fourth-order valence-corrected chi connectivity index (χ4v) is 2.87. The van der Waals surface area contributed by atoms with Gasteiger partial charge < -0.3 is 5.73 Å². The highest BCUT2D eigenvalue weighted by Gasteiger charge is 2.21. The largest absolute Gasteiger partial charge is 0.398 e. The number of nitrogens with two attached hydrogens (primary N) is 1. The van der Waals surface area contributed by atoms with Gasteiger partial charge in [-0.2, -0.15) is 0 Å². The van der Waals surface area contributed by atoms with E-state index in [0.717, 1.165) is 22.3 Å². The minimum Gasteiger partial charge on any atom is -0.398 e. The molecule has 2 nitrogen and oxygen atoms in total. The normalized spacial score (nSPS) is 10.8. The minimum atomic E-state index is 0.0704. The molecule has 0 saturated carbocycles. The van der Waals surface area contributed by atoms with Gasteiger partial charge in [0.1, 0.15) is 0 Å². The van der Waals surface area contributed by atoms with E-state index in [2.05, 4.69) is 20.8 Å². The molecule has 2 rings (SSSR count). The van der Waals surface area contributed by atoms with Crippen molar-refractivity contribution in [1.82, 2.24) is 0 Å². The van der Waals surface area contributed by atoms with Crippen LogP contribution in [0.15, 0.2) is 18.2 Å². The second kappa shape index (κ2) is 5.36. The van der Waals surface area contributed by atoms with Gasteiger partial charge in [0.2, 0.25) is 0 Å². The molecule has 0 fully saturated rings. The smallest absolute Gasteiger partial charge is 0.193 e. The van der Waals surface area contributed by atoms with Crippen LogP contribution in [0.25, 0.3) is 0 Å². The Kier molecular flexibility index (Phi) is 3.91. The molecule has 0 unspecified atom stereocenters. The number of ketones is 1. The Hall–Kier alpha value is -2.09. The number of carbonyl (C=O) groups excluding carboxylic acids is 1. The van der Waals surface area contributed by atoms with Crippen molar-refractivity contribution < 1.29 is 4.79 Å². The van der Waals surface area contributed by atoms with Crippen LogP contribution in [0.2, 0.25) is 0 Å². The number of nitrogen functional groups attached to an aromatic ring is 1. The number of hydrogen-bond acceptors (Lipinski definition) is 2. The van der Waals surface area contributed by atoms with E-state index >= 15 is 0 Å². The Balaban J connectivity index is 2.73. The van der Waals surface area contributed by atoms with E-state index in [0.29, 0.717) is 11.3 Å². The monoisotopic (exact) mass is 281 g/mol. The Bertz CT molecular complexity index is 713. The molecule has 2 heteroatoms. The molecule has 0 heterocycles. The van der Waals surface area contributed by atoms with Gasteiger partial charge in [-0.25, -0.2) is 0 Å². The van der Waals surface area contributed by atoms with Gasteiger partial charge in [0.05, 0.1) is 0 Å². The Morgan fingerprint density at radius 2 is 1.24 bits per heavy atom. The van der Waals surface area contributed by atoms with Crippen molar-refractivity contribution in [2.75, 3.05) is 5.73 Å². The third-order valence-corrected chi connectivity index (χ3v) is 4.85. The van der Waals surface area contributed by atoms with E-state index in [4.69, 9.17) is 5.73 Å². The average molecular weight is 281 g/mol. The van der Waals surface area contributed by atoms with Gasteiger partial charge in [-0.1, -0.05) is 12.1 Å². The van der Waals surface area contributed by atoms with Crippen LogP contribution in [0, 0.1) is 41.5 Å². The van der Waals surface area contributed by atoms with Crippen molar-refractivity contribution in [1.29, 1.82) is 0 Å². The van der Waals surface area contributed by atoms with Gasteiger partial charge in [0.15, 0.2) is 5.78 Å². The molecule has 0 aliphatic heterocycles. The lowest BCUT2D eigenvalue weighted by atomic mass is 9.85. The van der Waals surface area contributed by atoms with Crippen molar-refractivity contribution >= 4 is 11.5 Å². The average Bonchev–Trinajstić information content (AvgIpc) is 2.46. The van der Waals surface area contributed by atoms with E-state index in [-0.39, 0.29) is 5.78 Å². The summed E-state index contributed by atoms with van der Waals surface area (Å²) >= 11 is 0. The van der Waals surface area contributed by atoms with Crippen LogP contribution < -0.4 is 5.73 Å². The lowest BCUT2D eigenvalue weighted by Crippen LogP contribution is -2.12. The first kappa shape index (κ1) is 15.3. The fraction of sp³-hybridized carbons (Fsp3) is 0.316. The number of hydrogen-bond donors (Lipinski definition) is 1. The van der Waals surface area contributed by atoms with E-state index < -0.39 is 0 Å². The molecule has 0 atom stereocenters. The molecular formula is C19H23NO. The molecule has 21 heavy (non-hydrogen) atoms. The van der Waals surface area contributed by atoms with Gasteiger partial charge >= 0.3 is 0 Å². The molecule has 0 aliphatic carbocycles. The van der Waals surface area contributed by atoms with Crippen LogP contribution in [0.5, 0.6) is 0 Å². The van der Waals surface area contributed by atoms with Crippen LogP contribution in [0.4, 0.5) is 5.69 Å². The highest BCUT2D eigenvalue weighted by atomic mass is 16.1. The Morgan fingerprint density at radius 3 is 1.76 bits per heavy atom. The van der Waals surface area contributed by atoms with Crippen molar-refractivity contribution in [2.45, 2.75) is 41.5 Å². The minimum absolute atomic E-state index is 0.0704. The van der Waals surface area contributed by atoms with Crippen LogP contribution in [-0.2, 0) is 0 Å². The van der Waals surface area contributed by atoms with Crippen molar-refractivity contribution in [2.24, 2.45) is 0 Å². The maximum atomic E-state index is 13.0. The first-order valence-corrected chi connectivity index (χ1v) is 7.24. The Morgan fingerprint density at radius 1 is 0.762 bits per heavy atom. The molecule has 0 bridgehead atoms. The molecule has 0 amide bonds. The van der Waals surface area contributed by atoms with Gasteiger partial charge in [-0.05, 0) is 81.0 Å². The van der Waals surface area contributed by atoms with Crippen LogP contribution in [-0.4, -0.2) is 5.78 Å². The van der Waals surface area contributed by atoms with Gasteiger partial charge in [0.25, 0.3) is 0 Å². The molecule has 0 radical (unpaired) electrons. The van der Waals surface area contributed by atoms with Crippen LogP contribution in [0.1, 0.15) is 49.3 Å². The van der Waals surface area contributed by atoms with Crippen molar-refractivity contribution in [3.05, 3.63) is 62.7 Å². The molecule has 2 aromatic carbocycles. The lowest BCUT2D eigenvalue weighted by molar-refractivity contribution is 0.103. The zero-order valence-electron chi connectivity index (χ0n) is 13.7. The molecule has 0 aliphatic rings. The summed E-state index contributed by atoms with van der Waals surface area (Å²) in [5, 5.41) is 0. The number of benzene rings is 2. The predicted molar refractivity (Wildman–Crippen MR) is 89.2 cm³/mol. The number of carbonyl (C=O) groups is 1. The maximum absolute atomic E-state index is 13.0. The van der Waals surface area contributed by atoms with Crippen LogP contribution in [0.3, 0.4) is 0 Å². The van der Waals surface area contributed by atoms with Gasteiger partial charge in [0, 0.05) is 16.8 Å². The molecular weight excluding hydrogens is 258 g/mol. The second-order valence-electron chi connectivity index (χ2n) is 5.85. The zero-order valence-corrected chi connectivity index (χ0v) is 13.7. The summed E-state index contributed by atoms with van der Waals surface area (Å²) in [6, 6.07) is 5.53. The Labute approximate surface area is 127 Å². The number of rotatable bonds is 2. The first-order valence-electron chi connectivity index (χ1n) is 7.24. The van der Waals surface area contributed by atoms with E-state index in [1.165, 1.54) is 16.7 Å². The van der Waals surface area contributed by atoms with Crippen molar-refractivity contribution in [3.8, 4) is 0 Å². The standard InChI is InChI=1S/C19H23NO/c1-10-11(2)13(4)18(14(5)12(10)3)19(21)16-8-7-9-17(20)15(16)6/h7-9H,20H2,1-6H3. The van der Waals surface area contributed by atoms with Crippen LogP contribution >= 0.6 is 0 Å². The van der Waals surface area contributed by atoms with Crippen molar-refractivity contribution in [3.63, 3.8) is 0 Å². The highest BCUT2D eigenvalue weighted by Crippen LogP contribution is 2.29. The lowest BCUT2D eigenvalue weighted by Gasteiger charge is -2.18. The summed E-state index contributed by atoms with van der Waals surface area (Å²) < 4.78 is 0. The van der Waals surface area contributed by atoms with E-state index in [9.17, 15) is 4.79 Å². The quantitative estimate of drug-likeness (QED) is 0.657. The summed E-state index contributed by atoms with van der Waals surface area (Å²) in [5.41, 5.74) is 14.8. The third kappa shape index (κ3) is 2.35. The molecule has 2 N–H and O–H groups in total. The maximum Gasteiger partial charge on any atom is 0.193 e. The summed E-state index contributed by atoms with van der Waals surface area (Å²) in [7, 11) is 0. The molecule has 2 aromatic rings. The SMILES string of the molecule is Cc1c(N)cccc1C(=O)c1c(C)c(C)c(C)c(C)c1C. The fourth-order valence-electron chi connectivity index (χ4n) is 2.87. The summed E-state index contributed by atoms with van der Waals surface area (Å²) in [5.74, 6) is 0.0704. The molecule has 110 valence electrons. The topological polar surface area (TPSA) is 43.1 Å². The molecule has 0 spiro atoms. The van der Waals surface area contributed by atoms with Gasteiger partial charge in [-0.15, -0.1) is 0 Å². The van der Waals surface area contributed by atoms with Gasteiger partial charge in [-0.3, -0.25) is 4.79 Å². The zero-order chi connectivity index (χ0) is 15.9. The molecule has 0 aromatic heterocycles. The first-order chi connectivity index (χ1) is 9.77. The summed E-state index contributed by atoms with van der Waals surface area (Å²) in [4.78, 5) is 13.0. The summed E-state index contributed by atoms with van der Waals surface area (Å²) in [6.07, 6.45) is 0. The summed E-state index contributed by atoms with van der Waals surface area (Å²) in [6.45, 7) is 12.2. The predicted octanol–water partition coefficient (Wildman–Crippen LogP) is 4.35. The molecule has 0 saturated heterocycles.